The number of nitrogens with zero attached hydrogens (tertiary/aromatic N) is 1. The second-order valence-corrected chi connectivity index (χ2v) is 13.0. The summed E-state index contributed by atoms with van der Waals surface area (Å²) in [6.45, 7) is 0.868. The summed E-state index contributed by atoms with van der Waals surface area (Å²) in [4.78, 5) is 2.16. The van der Waals surface area contributed by atoms with Gasteiger partial charge < -0.3 is 13.7 Å². The van der Waals surface area contributed by atoms with Gasteiger partial charge in [0.05, 0.1) is 20.3 Å². The number of hydrogen-bond acceptors (Lipinski definition) is 6. The minimum absolute atomic E-state index is 0.310. The first kappa shape index (κ1) is 30.3. The average Bonchev–Trinajstić information content (AvgIpc) is 3.02. The van der Waals surface area contributed by atoms with Crippen molar-refractivity contribution in [3.05, 3.63) is 101 Å². The SMILES string of the molecule is COc1ccc(CN2Cc3c(C4CCCCC4)ccc4ccc(OS(=O)(=O)C(F)(F)F)c(c34)[C@H]2c2ccccc2)c(OC)c1. The summed E-state index contributed by atoms with van der Waals surface area (Å²) in [5.74, 6) is 1.23. The minimum atomic E-state index is -5.92. The first-order chi connectivity index (χ1) is 21.1. The van der Waals surface area contributed by atoms with Crippen molar-refractivity contribution in [3.63, 3.8) is 0 Å². The van der Waals surface area contributed by atoms with Gasteiger partial charge in [0.15, 0.2) is 0 Å². The van der Waals surface area contributed by atoms with Crippen LogP contribution in [0.4, 0.5) is 13.2 Å². The van der Waals surface area contributed by atoms with Gasteiger partial charge in [0.25, 0.3) is 0 Å². The topological polar surface area (TPSA) is 65.1 Å². The van der Waals surface area contributed by atoms with Crippen molar-refractivity contribution >= 4 is 20.9 Å². The summed E-state index contributed by atoms with van der Waals surface area (Å²) >= 11 is 0. The molecule has 0 amide bonds. The van der Waals surface area contributed by atoms with Crippen LogP contribution in [-0.2, 0) is 23.2 Å². The van der Waals surface area contributed by atoms with Gasteiger partial charge in [0.2, 0.25) is 0 Å². The van der Waals surface area contributed by atoms with Crippen molar-refractivity contribution in [2.75, 3.05) is 14.2 Å². The van der Waals surface area contributed by atoms with Crippen LogP contribution in [-0.4, -0.2) is 33.0 Å². The van der Waals surface area contributed by atoms with Crippen LogP contribution in [0.25, 0.3) is 10.8 Å². The predicted octanol–water partition coefficient (Wildman–Crippen LogP) is 8.24. The molecular formula is C34H34F3NO5S. The Morgan fingerprint density at radius 1 is 0.864 bits per heavy atom. The van der Waals surface area contributed by atoms with E-state index in [1.54, 1.807) is 26.4 Å². The molecule has 10 heteroatoms. The molecule has 4 aromatic carbocycles. The van der Waals surface area contributed by atoms with Gasteiger partial charge in [-0.25, -0.2) is 0 Å². The lowest BCUT2D eigenvalue weighted by atomic mass is 9.77. The average molecular weight is 626 g/mol. The van der Waals surface area contributed by atoms with E-state index in [1.807, 2.05) is 48.5 Å². The van der Waals surface area contributed by atoms with E-state index in [4.69, 9.17) is 13.7 Å². The molecule has 6 nitrogen and oxygen atoms in total. The zero-order valence-corrected chi connectivity index (χ0v) is 25.4. The number of hydrogen-bond donors (Lipinski definition) is 0. The lowest BCUT2D eigenvalue weighted by molar-refractivity contribution is -0.0500. The lowest BCUT2D eigenvalue weighted by Crippen LogP contribution is -2.34. The minimum Gasteiger partial charge on any atom is -0.497 e. The van der Waals surface area contributed by atoms with Gasteiger partial charge in [-0.15, -0.1) is 0 Å². The second-order valence-electron chi connectivity index (χ2n) is 11.4. The maximum atomic E-state index is 13.7. The third kappa shape index (κ3) is 5.61. The van der Waals surface area contributed by atoms with Crippen LogP contribution in [0.3, 0.4) is 0 Å². The van der Waals surface area contributed by atoms with E-state index in [0.29, 0.717) is 36.1 Å². The van der Waals surface area contributed by atoms with Crippen molar-refractivity contribution < 1.29 is 35.2 Å². The molecule has 44 heavy (non-hydrogen) atoms. The highest BCUT2D eigenvalue weighted by molar-refractivity contribution is 7.88. The quantitative estimate of drug-likeness (QED) is 0.145. The highest BCUT2D eigenvalue weighted by Crippen LogP contribution is 2.50. The Balaban J connectivity index is 1.60. The molecule has 1 aliphatic carbocycles. The van der Waals surface area contributed by atoms with Crippen molar-refractivity contribution in [1.29, 1.82) is 0 Å². The normalized spacial score (nSPS) is 17.9. The highest BCUT2D eigenvalue weighted by atomic mass is 32.2. The Labute approximate surface area is 255 Å². The largest absolute Gasteiger partial charge is 0.534 e. The first-order valence-electron chi connectivity index (χ1n) is 14.7. The summed E-state index contributed by atoms with van der Waals surface area (Å²) in [5, 5.41) is 1.59. The fourth-order valence-corrected chi connectivity index (χ4v) is 7.31. The van der Waals surface area contributed by atoms with E-state index in [9.17, 15) is 21.6 Å². The van der Waals surface area contributed by atoms with Crippen LogP contribution in [0.2, 0.25) is 0 Å². The summed E-state index contributed by atoms with van der Waals surface area (Å²) < 4.78 is 81.9. The lowest BCUT2D eigenvalue weighted by Gasteiger charge is -2.40. The number of ether oxygens (including phenoxy) is 2. The van der Waals surface area contributed by atoms with E-state index in [1.165, 1.54) is 12.5 Å². The zero-order valence-electron chi connectivity index (χ0n) is 24.6. The van der Waals surface area contributed by atoms with Gasteiger partial charge >= 0.3 is 15.6 Å². The third-order valence-corrected chi connectivity index (χ3v) is 9.81. The Bertz CT molecular complexity index is 1770. The monoisotopic (exact) mass is 625 g/mol. The summed E-state index contributed by atoms with van der Waals surface area (Å²) in [6.07, 6.45) is 5.46. The molecule has 0 unspecified atom stereocenters. The van der Waals surface area contributed by atoms with E-state index in [-0.39, 0.29) is 5.75 Å². The van der Waals surface area contributed by atoms with Gasteiger partial charge in [-0.1, -0.05) is 73.9 Å². The summed E-state index contributed by atoms with van der Waals surface area (Å²) in [6, 6.07) is 21.5. The van der Waals surface area contributed by atoms with Crippen LogP contribution >= 0.6 is 0 Å². The Morgan fingerprint density at radius 2 is 1.59 bits per heavy atom. The van der Waals surface area contributed by atoms with Gasteiger partial charge in [0.1, 0.15) is 17.2 Å². The molecule has 1 atom stereocenters. The van der Waals surface area contributed by atoms with Crippen LogP contribution in [0.1, 0.15) is 71.9 Å². The van der Waals surface area contributed by atoms with Gasteiger partial charge in [-0.2, -0.15) is 21.6 Å². The molecule has 0 aromatic heterocycles. The molecular weight excluding hydrogens is 591 g/mol. The maximum absolute atomic E-state index is 13.7. The molecule has 1 heterocycles. The third-order valence-electron chi connectivity index (χ3n) is 8.84. The Morgan fingerprint density at radius 3 is 2.27 bits per heavy atom. The first-order valence-corrected chi connectivity index (χ1v) is 16.1. The van der Waals surface area contributed by atoms with Crippen LogP contribution in [0.5, 0.6) is 17.2 Å². The molecule has 4 aromatic rings. The fourth-order valence-electron chi connectivity index (χ4n) is 6.83. The zero-order chi connectivity index (χ0) is 31.1. The summed E-state index contributed by atoms with van der Waals surface area (Å²) in [7, 11) is -2.77. The fraction of sp³-hybridized carbons (Fsp3) is 0.353. The van der Waals surface area contributed by atoms with E-state index < -0.39 is 21.7 Å². The molecule has 6 rings (SSSR count). The van der Waals surface area contributed by atoms with Crippen LogP contribution in [0.15, 0.2) is 72.8 Å². The maximum Gasteiger partial charge on any atom is 0.534 e. The molecule has 2 aliphatic rings. The van der Waals surface area contributed by atoms with Crippen molar-refractivity contribution in [1.82, 2.24) is 4.90 Å². The van der Waals surface area contributed by atoms with Gasteiger partial charge in [0, 0.05) is 30.3 Å². The molecule has 0 N–H and O–H groups in total. The number of halogens is 3. The Hall–Kier alpha value is -3.76. The van der Waals surface area contributed by atoms with E-state index in [2.05, 4.69) is 11.0 Å². The molecule has 232 valence electrons. The number of methoxy groups -OCH3 is 2. The van der Waals surface area contributed by atoms with Crippen molar-refractivity contribution in [2.24, 2.45) is 0 Å². The highest BCUT2D eigenvalue weighted by Gasteiger charge is 2.49. The van der Waals surface area contributed by atoms with E-state index >= 15 is 0 Å². The second kappa shape index (κ2) is 12.0. The molecule has 1 saturated carbocycles. The van der Waals surface area contributed by atoms with E-state index in [0.717, 1.165) is 58.7 Å². The van der Waals surface area contributed by atoms with Crippen molar-refractivity contribution in [2.45, 2.75) is 62.7 Å². The molecule has 1 fully saturated rings. The standard InChI is InChI=1S/C34H34F3NO5S/c1-41-26-16-13-25(30(19-26)42-2)20-38-21-28-27(22-9-5-3-6-10-22)17-14-23-15-18-29(43-44(39,40)34(35,36)37)32(31(23)28)33(38)24-11-7-4-8-12-24/h4,7-8,11-19,22,33H,3,5-6,9-10,20-21H2,1-2H3/t33-/m1/s1. The molecule has 0 bridgehead atoms. The molecule has 0 spiro atoms. The number of benzene rings is 4. The predicted molar refractivity (Wildman–Crippen MR) is 162 cm³/mol. The van der Waals surface area contributed by atoms with Crippen molar-refractivity contribution in [3.8, 4) is 17.2 Å². The number of rotatable bonds is 8. The molecule has 0 saturated heterocycles. The van der Waals surface area contributed by atoms with Gasteiger partial charge in [-0.05, 0) is 58.4 Å². The molecule has 1 aliphatic heterocycles. The summed E-state index contributed by atoms with van der Waals surface area (Å²) in [5.41, 5.74) is -1.35. The smallest absolute Gasteiger partial charge is 0.497 e. The van der Waals surface area contributed by atoms with Crippen LogP contribution < -0.4 is 13.7 Å². The van der Waals surface area contributed by atoms with Gasteiger partial charge in [-0.3, -0.25) is 4.90 Å². The Kier molecular flexibility index (Phi) is 8.24. The number of alkyl halides is 3. The molecule has 0 radical (unpaired) electrons. The van der Waals surface area contributed by atoms with Crippen LogP contribution in [0, 0.1) is 0 Å².